The van der Waals surface area contributed by atoms with Gasteiger partial charge < -0.3 is 5.11 Å². The van der Waals surface area contributed by atoms with Crippen molar-refractivity contribution in [2.75, 3.05) is 0 Å². The highest BCUT2D eigenvalue weighted by Crippen LogP contribution is 2.29. The second kappa shape index (κ2) is 6.80. The first kappa shape index (κ1) is 14.2. The number of aliphatic hydroxyl groups is 1. The first-order valence-electron chi connectivity index (χ1n) is 6.93. The molecule has 1 aromatic rings. The van der Waals surface area contributed by atoms with E-state index in [4.69, 9.17) is 0 Å². The molecule has 2 unspecified atom stereocenters. The van der Waals surface area contributed by atoms with Gasteiger partial charge in [-0.15, -0.1) is 0 Å². The van der Waals surface area contributed by atoms with Crippen LogP contribution in [0.15, 0.2) is 18.2 Å². The Kier molecular flexibility index (Phi) is 5.70. The van der Waals surface area contributed by atoms with E-state index >= 15 is 0 Å². The molecular formula is C16H26O. The molecule has 0 amide bonds. The fraction of sp³-hybridized carbons (Fsp3) is 0.625. The molecule has 96 valence electrons. The lowest BCUT2D eigenvalue weighted by Gasteiger charge is -2.22. The van der Waals surface area contributed by atoms with E-state index in [0.29, 0.717) is 5.92 Å². The van der Waals surface area contributed by atoms with Gasteiger partial charge in [-0.2, -0.15) is 0 Å². The van der Waals surface area contributed by atoms with Crippen LogP contribution in [0.5, 0.6) is 0 Å². The van der Waals surface area contributed by atoms with Crippen LogP contribution in [0.1, 0.15) is 63.3 Å². The Hall–Kier alpha value is -0.820. The molecular weight excluding hydrogens is 208 g/mol. The minimum atomic E-state index is -0.309. The van der Waals surface area contributed by atoms with E-state index in [1.54, 1.807) is 0 Å². The molecule has 0 aromatic heterocycles. The molecule has 17 heavy (non-hydrogen) atoms. The van der Waals surface area contributed by atoms with Crippen LogP contribution in [0.4, 0.5) is 0 Å². The molecule has 0 radical (unpaired) electrons. The van der Waals surface area contributed by atoms with Crippen molar-refractivity contribution in [3.8, 4) is 0 Å². The van der Waals surface area contributed by atoms with Crippen molar-refractivity contribution in [1.82, 2.24) is 0 Å². The van der Waals surface area contributed by atoms with Gasteiger partial charge in [-0.1, -0.05) is 52.3 Å². The van der Waals surface area contributed by atoms with Gasteiger partial charge in [-0.25, -0.2) is 0 Å². The maximum atomic E-state index is 10.5. The van der Waals surface area contributed by atoms with E-state index in [-0.39, 0.29) is 6.10 Å². The molecule has 0 aliphatic rings. The van der Waals surface area contributed by atoms with Gasteiger partial charge in [0.25, 0.3) is 0 Å². The van der Waals surface area contributed by atoms with Gasteiger partial charge in [0.05, 0.1) is 6.10 Å². The Morgan fingerprint density at radius 3 is 2.35 bits per heavy atom. The molecule has 0 fully saturated rings. The molecule has 2 atom stereocenters. The van der Waals surface area contributed by atoms with Gasteiger partial charge in [0.2, 0.25) is 0 Å². The summed E-state index contributed by atoms with van der Waals surface area (Å²) >= 11 is 0. The fourth-order valence-corrected chi connectivity index (χ4v) is 2.38. The third-order valence-corrected chi connectivity index (χ3v) is 3.60. The number of hydrogen-bond donors (Lipinski definition) is 1. The van der Waals surface area contributed by atoms with Crippen LogP contribution in [0.25, 0.3) is 0 Å². The standard InChI is InChI=1S/C16H26O/c1-5-8-12(4)16(17)15-11-13(6-2)9-10-14(15)7-3/h9-12,16-17H,5-8H2,1-4H3. The molecule has 0 saturated carbocycles. The molecule has 1 heteroatoms. The summed E-state index contributed by atoms with van der Waals surface area (Å²) in [6, 6.07) is 6.55. The van der Waals surface area contributed by atoms with E-state index in [1.165, 1.54) is 11.1 Å². The van der Waals surface area contributed by atoms with Crippen molar-refractivity contribution in [2.45, 2.75) is 59.5 Å². The first-order chi connectivity index (χ1) is 8.13. The normalized spacial score (nSPS) is 14.6. The molecule has 0 aliphatic heterocycles. The lowest BCUT2D eigenvalue weighted by atomic mass is 9.88. The molecule has 1 rings (SSSR count). The summed E-state index contributed by atoms with van der Waals surface area (Å²) in [6.07, 6.45) is 3.94. The Morgan fingerprint density at radius 1 is 1.12 bits per heavy atom. The summed E-state index contributed by atoms with van der Waals surface area (Å²) in [6.45, 7) is 8.63. The van der Waals surface area contributed by atoms with Crippen molar-refractivity contribution in [1.29, 1.82) is 0 Å². The van der Waals surface area contributed by atoms with E-state index in [2.05, 4.69) is 45.9 Å². The van der Waals surface area contributed by atoms with Crippen molar-refractivity contribution >= 4 is 0 Å². The summed E-state index contributed by atoms with van der Waals surface area (Å²) < 4.78 is 0. The fourth-order valence-electron chi connectivity index (χ4n) is 2.38. The molecule has 0 bridgehead atoms. The molecule has 1 nitrogen and oxygen atoms in total. The predicted octanol–water partition coefficient (Wildman–Crippen LogP) is 4.28. The minimum Gasteiger partial charge on any atom is -0.388 e. The molecule has 1 aromatic carbocycles. The predicted molar refractivity (Wildman–Crippen MR) is 74.2 cm³/mol. The summed E-state index contributed by atoms with van der Waals surface area (Å²) in [5.74, 6) is 0.345. The van der Waals surface area contributed by atoms with Crippen LogP contribution in [-0.4, -0.2) is 5.11 Å². The number of hydrogen-bond acceptors (Lipinski definition) is 1. The summed E-state index contributed by atoms with van der Waals surface area (Å²) in [7, 11) is 0. The molecule has 0 heterocycles. The number of aliphatic hydroxyl groups excluding tert-OH is 1. The lowest BCUT2D eigenvalue weighted by Crippen LogP contribution is -2.11. The molecule has 0 aliphatic carbocycles. The van der Waals surface area contributed by atoms with Crippen LogP contribution in [0.2, 0.25) is 0 Å². The van der Waals surface area contributed by atoms with Gasteiger partial charge in [-0.05, 0) is 41.9 Å². The first-order valence-corrected chi connectivity index (χ1v) is 6.93. The largest absolute Gasteiger partial charge is 0.388 e. The monoisotopic (exact) mass is 234 g/mol. The molecule has 0 spiro atoms. The van der Waals surface area contributed by atoms with Gasteiger partial charge in [0.1, 0.15) is 0 Å². The number of aryl methyl sites for hydroxylation is 2. The van der Waals surface area contributed by atoms with E-state index in [0.717, 1.165) is 31.2 Å². The minimum absolute atomic E-state index is 0.309. The van der Waals surface area contributed by atoms with E-state index in [1.807, 2.05) is 0 Å². The van der Waals surface area contributed by atoms with E-state index in [9.17, 15) is 5.11 Å². The van der Waals surface area contributed by atoms with Crippen molar-refractivity contribution in [2.24, 2.45) is 5.92 Å². The average molecular weight is 234 g/mol. The number of rotatable bonds is 6. The summed E-state index contributed by atoms with van der Waals surface area (Å²) in [5.41, 5.74) is 3.76. The van der Waals surface area contributed by atoms with E-state index < -0.39 is 0 Å². The Labute approximate surface area is 106 Å². The molecule has 1 N–H and O–H groups in total. The average Bonchev–Trinajstić information content (AvgIpc) is 2.37. The maximum absolute atomic E-state index is 10.5. The molecule has 0 saturated heterocycles. The van der Waals surface area contributed by atoms with Crippen molar-refractivity contribution in [3.05, 3.63) is 34.9 Å². The summed E-state index contributed by atoms with van der Waals surface area (Å²) in [4.78, 5) is 0. The number of benzene rings is 1. The second-order valence-electron chi connectivity index (χ2n) is 4.95. The zero-order valence-corrected chi connectivity index (χ0v) is 11.7. The van der Waals surface area contributed by atoms with Crippen molar-refractivity contribution in [3.63, 3.8) is 0 Å². The second-order valence-corrected chi connectivity index (χ2v) is 4.95. The van der Waals surface area contributed by atoms with Crippen molar-refractivity contribution < 1.29 is 5.11 Å². The Balaban J connectivity index is 3.00. The highest BCUT2D eigenvalue weighted by atomic mass is 16.3. The smallest absolute Gasteiger partial charge is 0.0818 e. The zero-order chi connectivity index (χ0) is 12.8. The van der Waals surface area contributed by atoms with Gasteiger partial charge in [0, 0.05) is 0 Å². The third kappa shape index (κ3) is 3.57. The van der Waals surface area contributed by atoms with Crippen LogP contribution >= 0.6 is 0 Å². The quantitative estimate of drug-likeness (QED) is 0.779. The lowest BCUT2D eigenvalue weighted by molar-refractivity contribution is 0.111. The maximum Gasteiger partial charge on any atom is 0.0818 e. The topological polar surface area (TPSA) is 20.2 Å². The SMILES string of the molecule is CCCC(C)C(O)c1cc(CC)ccc1CC. The third-order valence-electron chi connectivity index (χ3n) is 3.60. The highest BCUT2D eigenvalue weighted by Gasteiger charge is 2.18. The Bertz CT molecular complexity index is 343. The van der Waals surface area contributed by atoms with Crippen LogP contribution in [0, 0.1) is 5.92 Å². The van der Waals surface area contributed by atoms with Gasteiger partial charge in [0.15, 0.2) is 0 Å². The van der Waals surface area contributed by atoms with Gasteiger partial charge >= 0.3 is 0 Å². The van der Waals surface area contributed by atoms with Crippen LogP contribution in [0.3, 0.4) is 0 Å². The Morgan fingerprint density at radius 2 is 1.82 bits per heavy atom. The highest BCUT2D eigenvalue weighted by molar-refractivity contribution is 5.34. The zero-order valence-electron chi connectivity index (χ0n) is 11.7. The van der Waals surface area contributed by atoms with Crippen LogP contribution in [-0.2, 0) is 12.8 Å². The van der Waals surface area contributed by atoms with Gasteiger partial charge in [-0.3, -0.25) is 0 Å². The summed E-state index contributed by atoms with van der Waals surface area (Å²) in [5, 5.41) is 10.5. The van der Waals surface area contributed by atoms with Crippen LogP contribution < -0.4 is 0 Å².